The third-order valence-electron chi connectivity index (χ3n) is 3.08. The number of phenols is 1. The monoisotopic (exact) mass is 191 g/mol. The van der Waals surface area contributed by atoms with Crippen molar-refractivity contribution in [2.45, 2.75) is 32.7 Å². The Morgan fingerprint density at radius 3 is 3.00 bits per heavy atom. The molecule has 1 aliphatic rings. The van der Waals surface area contributed by atoms with Crippen LogP contribution in [-0.4, -0.2) is 17.7 Å². The minimum absolute atomic E-state index is 0.384. The van der Waals surface area contributed by atoms with Crippen LogP contribution in [0.25, 0.3) is 0 Å². The molecule has 1 aromatic rings. The van der Waals surface area contributed by atoms with Gasteiger partial charge in [0.15, 0.2) is 0 Å². The zero-order valence-corrected chi connectivity index (χ0v) is 8.83. The van der Waals surface area contributed by atoms with Crippen LogP contribution >= 0.6 is 0 Å². The van der Waals surface area contributed by atoms with E-state index < -0.39 is 0 Å². The maximum Gasteiger partial charge on any atom is 0.116 e. The highest BCUT2D eigenvalue weighted by Gasteiger charge is 2.21. The third-order valence-corrected chi connectivity index (χ3v) is 3.08. The van der Waals surface area contributed by atoms with Gasteiger partial charge in [-0.05, 0) is 50.5 Å². The summed E-state index contributed by atoms with van der Waals surface area (Å²) in [6, 6.07) is 6.32. The summed E-state index contributed by atoms with van der Waals surface area (Å²) in [5.41, 5.74) is 2.58. The first kappa shape index (κ1) is 9.38. The highest BCUT2D eigenvalue weighted by atomic mass is 16.3. The molecule has 14 heavy (non-hydrogen) atoms. The van der Waals surface area contributed by atoms with E-state index in [9.17, 15) is 5.11 Å². The molecule has 2 nitrogen and oxygen atoms in total. The third kappa shape index (κ3) is 1.45. The van der Waals surface area contributed by atoms with Crippen molar-refractivity contribution < 1.29 is 5.11 Å². The van der Waals surface area contributed by atoms with E-state index in [2.05, 4.69) is 18.7 Å². The fourth-order valence-electron chi connectivity index (χ4n) is 2.29. The summed E-state index contributed by atoms with van der Waals surface area (Å²) >= 11 is 0. The SMILES string of the molecule is CCN1c2ccc(O)cc2CC[C@@H]1C. The molecule has 2 rings (SSSR count). The molecule has 0 bridgehead atoms. The van der Waals surface area contributed by atoms with E-state index in [0.717, 1.165) is 13.0 Å². The van der Waals surface area contributed by atoms with Crippen molar-refractivity contribution in [3.8, 4) is 5.75 Å². The van der Waals surface area contributed by atoms with Gasteiger partial charge in [-0.3, -0.25) is 0 Å². The number of aromatic hydroxyl groups is 1. The summed E-state index contributed by atoms with van der Waals surface area (Å²) in [5, 5.41) is 9.39. The first-order valence-corrected chi connectivity index (χ1v) is 5.31. The summed E-state index contributed by atoms with van der Waals surface area (Å²) in [6.07, 6.45) is 2.27. The molecule has 0 spiro atoms. The van der Waals surface area contributed by atoms with E-state index in [1.807, 2.05) is 12.1 Å². The maximum absolute atomic E-state index is 9.39. The molecule has 0 aliphatic carbocycles. The molecule has 0 fully saturated rings. The van der Waals surface area contributed by atoms with Gasteiger partial charge in [-0.1, -0.05) is 0 Å². The summed E-state index contributed by atoms with van der Waals surface area (Å²) in [6.45, 7) is 5.48. The van der Waals surface area contributed by atoms with Gasteiger partial charge in [-0.25, -0.2) is 0 Å². The van der Waals surface area contributed by atoms with Gasteiger partial charge in [-0.2, -0.15) is 0 Å². The number of aryl methyl sites for hydroxylation is 1. The predicted octanol–water partition coefficient (Wildman–Crippen LogP) is 2.55. The highest BCUT2D eigenvalue weighted by molar-refractivity contribution is 5.58. The molecule has 1 aliphatic heterocycles. The predicted molar refractivity (Wildman–Crippen MR) is 58.9 cm³/mol. The number of phenolic OH excluding ortho intramolecular Hbond substituents is 1. The molecule has 0 radical (unpaired) electrons. The lowest BCUT2D eigenvalue weighted by Crippen LogP contribution is -2.36. The van der Waals surface area contributed by atoms with E-state index >= 15 is 0 Å². The standard InChI is InChI=1S/C12H17NO/c1-3-13-9(2)4-5-10-8-11(14)6-7-12(10)13/h6-9,14H,3-5H2,1-2H3/t9-/m0/s1. The quantitative estimate of drug-likeness (QED) is 0.737. The minimum Gasteiger partial charge on any atom is -0.508 e. The van der Waals surface area contributed by atoms with Crippen molar-refractivity contribution in [1.82, 2.24) is 0 Å². The van der Waals surface area contributed by atoms with Gasteiger partial charge in [0, 0.05) is 18.3 Å². The number of nitrogens with zero attached hydrogens (tertiary/aromatic N) is 1. The van der Waals surface area contributed by atoms with Crippen LogP contribution in [0.5, 0.6) is 5.75 Å². The Morgan fingerprint density at radius 1 is 1.50 bits per heavy atom. The van der Waals surface area contributed by atoms with Crippen molar-refractivity contribution in [1.29, 1.82) is 0 Å². The summed E-state index contributed by atoms with van der Waals surface area (Å²) < 4.78 is 0. The fraction of sp³-hybridized carbons (Fsp3) is 0.500. The Kier molecular flexibility index (Phi) is 2.36. The van der Waals surface area contributed by atoms with Gasteiger partial charge in [0.25, 0.3) is 0 Å². The molecule has 0 saturated carbocycles. The average molecular weight is 191 g/mol. The van der Waals surface area contributed by atoms with Crippen molar-refractivity contribution in [3.63, 3.8) is 0 Å². The highest BCUT2D eigenvalue weighted by Crippen LogP contribution is 2.32. The summed E-state index contributed by atoms with van der Waals surface area (Å²) in [7, 11) is 0. The van der Waals surface area contributed by atoms with Crippen molar-refractivity contribution in [3.05, 3.63) is 23.8 Å². The van der Waals surface area contributed by atoms with Crippen LogP contribution in [0, 0.1) is 0 Å². The second kappa shape index (κ2) is 3.52. The maximum atomic E-state index is 9.39. The van der Waals surface area contributed by atoms with E-state index in [-0.39, 0.29) is 0 Å². The molecule has 1 N–H and O–H groups in total. The molecule has 0 saturated heterocycles. The molecule has 1 atom stereocenters. The second-order valence-corrected chi connectivity index (χ2v) is 3.99. The zero-order chi connectivity index (χ0) is 10.1. The number of hydrogen-bond donors (Lipinski definition) is 1. The lowest BCUT2D eigenvalue weighted by Gasteiger charge is -2.36. The van der Waals surface area contributed by atoms with E-state index in [1.54, 1.807) is 6.07 Å². The van der Waals surface area contributed by atoms with Crippen LogP contribution in [0.15, 0.2) is 18.2 Å². The molecule has 1 heterocycles. The zero-order valence-electron chi connectivity index (χ0n) is 8.83. The van der Waals surface area contributed by atoms with E-state index in [4.69, 9.17) is 0 Å². The van der Waals surface area contributed by atoms with Gasteiger partial charge in [0.1, 0.15) is 5.75 Å². The molecular weight excluding hydrogens is 174 g/mol. The lowest BCUT2D eigenvalue weighted by atomic mass is 9.96. The van der Waals surface area contributed by atoms with Crippen LogP contribution in [0.2, 0.25) is 0 Å². The normalized spacial score (nSPS) is 20.7. The van der Waals surface area contributed by atoms with Gasteiger partial charge in [0.2, 0.25) is 0 Å². The molecule has 76 valence electrons. The van der Waals surface area contributed by atoms with Crippen LogP contribution < -0.4 is 4.90 Å². The van der Waals surface area contributed by atoms with Gasteiger partial charge >= 0.3 is 0 Å². The van der Waals surface area contributed by atoms with Crippen molar-refractivity contribution >= 4 is 5.69 Å². The smallest absolute Gasteiger partial charge is 0.116 e. The Bertz CT molecular complexity index is 335. The minimum atomic E-state index is 0.384. The number of hydrogen-bond acceptors (Lipinski definition) is 2. The lowest BCUT2D eigenvalue weighted by molar-refractivity contribution is 0.472. The first-order chi connectivity index (χ1) is 6.72. The molecule has 0 unspecified atom stereocenters. The second-order valence-electron chi connectivity index (χ2n) is 3.99. The topological polar surface area (TPSA) is 23.5 Å². The van der Waals surface area contributed by atoms with Crippen LogP contribution in [0.4, 0.5) is 5.69 Å². The Labute approximate surface area is 85.2 Å². The Morgan fingerprint density at radius 2 is 2.29 bits per heavy atom. The summed E-state index contributed by atoms with van der Waals surface area (Å²) in [5.74, 6) is 0.384. The van der Waals surface area contributed by atoms with E-state index in [0.29, 0.717) is 11.8 Å². The number of rotatable bonds is 1. The van der Waals surface area contributed by atoms with Crippen molar-refractivity contribution in [2.24, 2.45) is 0 Å². The van der Waals surface area contributed by atoms with Crippen LogP contribution in [0.3, 0.4) is 0 Å². The molecule has 0 aromatic heterocycles. The molecule has 2 heteroatoms. The molecule has 1 aromatic carbocycles. The fourth-order valence-corrected chi connectivity index (χ4v) is 2.29. The van der Waals surface area contributed by atoms with Gasteiger partial charge < -0.3 is 10.0 Å². The van der Waals surface area contributed by atoms with Gasteiger partial charge in [-0.15, -0.1) is 0 Å². The average Bonchev–Trinajstić information content (AvgIpc) is 2.18. The molecule has 0 amide bonds. The number of anilines is 1. The van der Waals surface area contributed by atoms with Crippen molar-refractivity contribution in [2.75, 3.05) is 11.4 Å². The summed E-state index contributed by atoms with van der Waals surface area (Å²) in [4.78, 5) is 2.40. The molecular formula is C12H17NO. The Balaban J connectivity index is 2.41. The first-order valence-electron chi connectivity index (χ1n) is 5.31. The number of fused-ring (bicyclic) bond motifs is 1. The van der Waals surface area contributed by atoms with Crippen LogP contribution in [-0.2, 0) is 6.42 Å². The van der Waals surface area contributed by atoms with Gasteiger partial charge in [0.05, 0.1) is 0 Å². The Hall–Kier alpha value is -1.18. The largest absolute Gasteiger partial charge is 0.508 e. The van der Waals surface area contributed by atoms with Crippen LogP contribution in [0.1, 0.15) is 25.8 Å². The van der Waals surface area contributed by atoms with E-state index in [1.165, 1.54) is 17.7 Å². The number of benzene rings is 1.